The highest BCUT2D eigenvalue weighted by Gasteiger charge is 2.15. The third kappa shape index (κ3) is 4.77. The second-order valence-electron chi connectivity index (χ2n) is 5.94. The Morgan fingerprint density at radius 1 is 1.00 bits per heavy atom. The van der Waals surface area contributed by atoms with Gasteiger partial charge in [0.05, 0.1) is 17.7 Å². The summed E-state index contributed by atoms with van der Waals surface area (Å²) in [6, 6.07) is 16.5. The fraction of sp³-hybridized carbons (Fsp3) is 0.150. The molecule has 0 unspecified atom stereocenters. The number of sulfonamides is 1. The molecule has 0 radical (unpaired) electrons. The first-order valence-corrected chi connectivity index (χ1v) is 9.98. The predicted molar refractivity (Wildman–Crippen MR) is 103 cm³/mol. The molecule has 7 heteroatoms. The molecule has 0 fully saturated rings. The van der Waals surface area contributed by atoms with Gasteiger partial charge < -0.3 is 9.73 Å². The van der Waals surface area contributed by atoms with Crippen molar-refractivity contribution in [1.82, 2.24) is 5.32 Å². The van der Waals surface area contributed by atoms with Crippen LogP contribution >= 0.6 is 0 Å². The molecular weight excluding hydrogens is 364 g/mol. The fourth-order valence-electron chi connectivity index (χ4n) is 2.49. The molecule has 0 saturated carbocycles. The summed E-state index contributed by atoms with van der Waals surface area (Å²) in [6.45, 7) is 2.30. The highest BCUT2D eigenvalue weighted by atomic mass is 32.2. The van der Waals surface area contributed by atoms with Crippen LogP contribution in [0.25, 0.3) is 0 Å². The molecule has 0 aliphatic carbocycles. The minimum atomic E-state index is -3.72. The van der Waals surface area contributed by atoms with Gasteiger partial charge in [0.15, 0.2) is 0 Å². The number of hydrogen-bond donors (Lipinski definition) is 2. The molecular formula is C20H20N2O4S. The van der Waals surface area contributed by atoms with Crippen molar-refractivity contribution in [3.8, 4) is 0 Å². The Morgan fingerprint density at radius 3 is 2.30 bits per heavy atom. The Bertz CT molecular complexity index is 993. The van der Waals surface area contributed by atoms with Crippen LogP contribution in [0.15, 0.2) is 76.2 Å². The summed E-state index contributed by atoms with van der Waals surface area (Å²) in [4.78, 5) is 12.2. The van der Waals surface area contributed by atoms with Gasteiger partial charge in [-0.25, -0.2) is 8.42 Å². The van der Waals surface area contributed by atoms with Gasteiger partial charge in [-0.3, -0.25) is 9.52 Å². The van der Waals surface area contributed by atoms with Crippen molar-refractivity contribution >= 4 is 21.6 Å². The van der Waals surface area contributed by atoms with E-state index in [1.54, 1.807) is 24.3 Å². The van der Waals surface area contributed by atoms with Crippen LogP contribution in [0.4, 0.5) is 5.69 Å². The Labute approximate surface area is 158 Å². The van der Waals surface area contributed by atoms with Crippen molar-refractivity contribution in [2.45, 2.75) is 24.8 Å². The second-order valence-corrected chi connectivity index (χ2v) is 7.62. The van der Waals surface area contributed by atoms with Gasteiger partial charge in [0.2, 0.25) is 0 Å². The molecule has 0 aliphatic rings. The number of carbonyl (C=O) groups excluding carboxylic acids is 1. The molecule has 27 heavy (non-hydrogen) atoms. The van der Waals surface area contributed by atoms with Gasteiger partial charge in [0, 0.05) is 11.3 Å². The van der Waals surface area contributed by atoms with Gasteiger partial charge in [-0.05, 0) is 60.5 Å². The first kappa shape index (κ1) is 18.7. The van der Waals surface area contributed by atoms with Crippen LogP contribution in [0.5, 0.6) is 0 Å². The summed E-state index contributed by atoms with van der Waals surface area (Å²) < 4.78 is 32.7. The number of anilines is 1. The maximum Gasteiger partial charge on any atom is 0.261 e. The van der Waals surface area contributed by atoms with Crippen LogP contribution in [0.3, 0.4) is 0 Å². The van der Waals surface area contributed by atoms with Gasteiger partial charge in [0.25, 0.3) is 15.9 Å². The molecule has 1 aromatic heterocycles. The van der Waals surface area contributed by atoms with E-state index in [4.69, 9.17) is 4.42 Å². The third-order valence-electron chi connectivity index (χ3n) is 4.04. The SMILES string of the molecule is CCc1ccc(NS(=O)(=O)c2ccc(C(=O)NCc3ccco3)cc2)cc1. The zero-order valence-electron chi connectivity index (χ0n) is 14.8. The molecule has 6 nitrogen and oxygen atoms in total. The predicted octanol–water partition coefficient (Wildman–Crippen LogP) is 3.57. The average Bonchev–Trinajstić information content (AvgIpc) is 3.20. The Balaban J connectivity index is 1.66. The lowest BCUT2D eigenvalue weighted by molar-refractivity contribution is 0.0948. The molecule has 1 amide bonds. The fourth-order valence-corrected chi connectivity index (χ4v) is 3.55. The summed E-state index contributed by atoms with van der Waals surface area (Å²) in [7, 11) is -3.72. The van der Waals surface area contributed by atoms with E-state index in [1.165, 1.54) is 30.5 Å². The number of nitrogens with one attached hydrogen (secondary N) is 2. The normalized spacial score (nSPS) is 11.1. The molecule has 0 saturated heterocycles. The maximum atomic E-state index is 12.5. The molecule has 0 spiro atoms. The van der Waals surface area contributed by atoms with Crippen molar-refractivity contribution in [3.05, 3.63) is 83.8 Å². The van der Waals surface area contributed by atoms with E-state index in [1.807, 2.05) is 19.1 Å². The summed E-state index contributed by atoms with van der Waals surface area (Å²) in [5.41, 5.74) is 1.99. The highest BCUT2D eigenvalue weighted by molar-refractivity contribution is 7.92. The Hall–Kier alpha value is -3.06. The van der Waals surface area contributed by atoms with Crippen molar-refractivity contribution in [1.29, 1.82) is 0 Å². The lowest BCUT2D eigenvalue weighted by atomic mass is 10.2. The smallest absolute Gasteiger partial charge is 0.261 e. The topological polar surface area (TPSA) is 88.4 Å². The minimum Gasteiger partial charge on any atom is -0.467 e. The zero-order valence-corrected chi connectivity index (χ0v) is 15.6. The number of furan rings is 1. The number of aryl methyl sites for hydroxylation is 1. The summed E-state index contributed by atoms with van der Waals surface area (Å²) >= 11 is 0. The summed E-state index contributed by atoms with van der Waals surface area (Å²) in [5.74, 6) is 0.333. The van der Waals surface area contributed by atoms with E-state index >= 15 is 0 Å². The highest BCUT2D eigenvalue weighted by Crippen LogP contribution is 2.17. The molecule has 2 aromatic carbocycles. The van der Waals surface area contributed by atoms with Gasteiger partial charge in [-0.2, -0.15) is 0 Å². The Morgan fingerprint density at radius 2 is 1.70 bits per heavy atom. The number of amides is 1. The monoisotopic (exact) mass is 384 g/mol. The third-order valence-corrected chi connectivity index (χ3v) is 5.44. The average molecular weight is 384 g/mol. The number of hydrogen-bond acceptors (Lipinski definition) is 4. The van der Waals surface area contributed by atoms with Crippen LogP contribution in [-0.2, 0) is 23.0 Å². The molecule has 1 heterocycles. The summed E-state index contributed by atoms with van der Waals surface area (Å²) in [6.07, 6.45) is 2.42. The molecule has 140 valence electrons. The van der Waals surface area contributed by atoms with E-state index < -0.39 is 10.0 Å². The van der Waals surface area contributed by atoms with E-state index in [2.05, 4.69) is 10.0 Å². The number of carbonyl (C=O) groups is 1. The van der Waals surface area contributed by atoms with Crippen LogP contribution in [0, 0.1) is 0 Å². The number of rotatable bonds is 7. The first-order chi connectivity index (χ1) is 13.0. The van der Waals surface area contributed by atoms with E-state index in [0.29, 0.717) is 17.0 Å². The lowest BCUT2D eigenvalue weighted by Gasteiger charge is -2.09. The molecule has 0 atom stereocenters. The maximum absolute atomic E-state index is 12.5. The van der Waals surface area contributed by atoms with Crippen molar-refractivity contribution in [2.24, 2.45) is 0 Å². The molecule has 3 aromatic rings. The zero-order chi connectivity index (χ0) is 19.3. The number of benzene rings is 2. The van der Waals surface area contributed by atoms with E-state index in [-0.39, 0.29) is 17.3 Å². The summed E-state index contributed by atoms with van der Waals surface area (Å²) in [5, 5.41) is 2.71. The second kappa shape index (κ2) is 8.09. The molecule has 3 rings (SSSR count). The van der Waals surface area contributed by atoms with Crippen LogP contribution in [0.1, 0.15) is 28.6 Å². The quantitative estimate of drug-likeness (QED) is 0.652. The van der Waals surface area contributed by atoms with Gasteiger partial charge in [-0.1, -0.05) is 19.1 Å². The van der Waals surface area contributed by atoms with Crippen LogP contribution in [0.2, 0.25) is 0 Å². The van der Waals surface area contributed by atoms with E-state index in [0.717, 1.165) is 12.0 Å². The van der Waals surface area contributed by atoms with Gasteiger partial charge >= 0.3 is 0 Å². The Kier molecular flexibility index (Phi) is 5.61. The van der Waals surface area contributed by atoms with Crippen LogP contribution in [-0.4, -0.2) is 14.3 Å². The molecule has 2 N–H and O–H groups in total. The van der Waals surface area contributed by atoms with Crippen LogP contribution < -0.4 is 10.0 Å². The van der Waals surface area contributed by atoms with Gasteiger partial charge in [0.1, 0.15) is 5.76 Å². The largest absolute Gasteiger partial charge is 0.467 e. The standard InChI is InChI=1S/C20H20N2O4S/c1-2-15-5-9-17(10-6-15)22-27(24,25)19-11-7-16(8-12-19)20(23)21-14-18-4-3-13-26-18/h3-13,22H,2,14H2,1H3,(H,21,23). The molecule has 0 bridgehead atoms. The van der Waals surface area contributed by atoms with Crippen molar-refractivity contribution in [2.75, 3.05) is 4.72 Å². The van der Waals surface area contributed by atoms with Crippen molar-refractivity contribution in [3.63, 3.8) is 0 Å². The first-order valence-electron chi connectivity index (χ1n) is 8.50. The lowest BCUT2D eigenvalue weighted by Crippen LogP contribution is -2.22. The van der Waals surface area contributed by atoms with Crippen molar-refractivity contribution < 1.29 is 17.6 Å². The molecule has 0 aliphatic heterocycles. The van der Waals surface area contributed by atoms with Gasteiger partial charge in [-0.15, -0.1) is 0 Å². The minimum absolute atomic E-state index is 0.0876. The van der Waals surface area contributed by atoms with E-state index in [9.17, 15) is 13.2 Å².